The van der Waals surface area contributed by atoms with E-state index in [1.54, 1.807) is 30.5 Å². The molecule has 2 aromatic carbocycles. The first-order valence-electron chi connectivity index (χ1n) is 19.6. The third-order valence-corrected chi connectivity index (χ3v) is 11.1. The van der Waals surface area contributed by atoms with Crippen LogP contribution in [0.1, 0.15) is 118 Å². The zero-order valence-electron chi connectivity index (χ0n) is 31.1. The van der Waals surface area contributed by atoms with Gasteiger partial charge in [-0.3, -0.25) is 39.0 Å². The molecule has 2 saturated heterocycles. The fourth-order valence-corrected chi connectivity index (χ4v) is 7.95. The van der Waals surface area contributed by atoms with Crippen molar-refractivity contribution in [2.24, 2.45) is 0 Å². The average Bonchev–Trinajstić information content (AvgIpc) is 3.89. The largest absolute Gasteiger partial charge is 0.493 e. The highest BCUT2D eigenvalue weighted by atomic mass is 16.5. The lowest BCUT2D eigenvalue weighted by Crippen LogP contribution is -2.54. The predicted molar refractivity (Wildman–Crippen MR) is 205 cm³/mol. The van der Waals surface area contributed by atoms with Gasteiger partial charge in [-0.05, 0) is 81.0 Å². The number of nitrogens with zero attached hydrogens (tertiary/aromatic N) is 5. The first kappa shape index (κ1) is 36.8. The Morgan fingerprint density at radius 3 is 2.43 bits per heavy atom. The highest BCUT2D eigenvalue weighted by Gasteiger charge is 2.46. The van der Waals surface area contributed by atoms with Crippen molar-refractivity contribution in [2.75, 3.05) is 31.6 Å². The van der Waals surface area contributed by atoms with Gasteiger partial charge in [0, 0.05) is 54.9 Å². The summed E-state index contributed by atoms with van der Waals surface area (Å²) in [6, 6.07) is 13.1. The number of benzene rings is 2. The second kappa shape index (κ2) is 15.9. The molecule has 0 bridgehead atoms. The van der Waals surface area contributed by atoms with Crippen molar-refractivity contribution < 1.29 is 33.5 Å². The van der Waals surface area contributed by atoms with Crippen LogP contribution < -0.4 is 20.7 Å². The summed E-state index contributed by atoms with van der Waals surface area (Å²) >= 11 is 0. The van der Waals surface area contributed by atoms with Gasteiger partial charge < -0.3 is 24.8 Å². The molecule has 8 rings (SSSR count). The number of nitrogens with one attached hydrogen (secondary N) is 3. The predicted octanol–water partition coefficient (Wildman–Crippen LogP) is 4.91. The molecule has 56 heavy (non-hydrogen) atoms. The molecular formula is C41H44N8O7. The first-order chi connectivity index (χ1) is 27.3. The van der Waals surface area contributed by atoms with E-state index in [1.165, 1.54) is 6.07 Å². The van der Waals surface area contributed by atoms with E-state index in [1.807, 2.05) is 23.1 Å². The maximum absolute atomic E-state index is 13.3. The molecule has 0 spiro atoms. The van der Waals surface area contributed by atoms with Crippen molar-refractivity contribution in [3.63, 3.8) is 0 Å². The number of hydrogen-bond acceptors (Lipinski definition) is 10. The molecule has 15 nitrogen and oxygen atoms in total. The monoisotopic (exact) mass is 760 g/mol. The van der Waals surface area contributed by atoms with Gasteiger partial charge in [0.25, 0.3) is 23.6 Å². The summed E-state index contributed by atoms with van der Waals surface area (Å²) < 4.78 is 8.04. The SMILES string of the molecule is O=C1CCC(N2C(=O)c3cccc(OCCCCCCNC(=O)c4ccc(Nc5ncc6cc(C(=O)N7CCC7)n(C7CCCC7)c6n5)cc4)c3C2=O)C(=O)N1. The number of likely N-dealkylation sites (tertiary alicyclic amines) is 1. The molecule has 0 radical (unpaired) electrons. The van der Waals surface area contributed by atoms with Gasteiger partial charge in [-0.15, -0.1) is 0 Å². The molecule has 4 aliphatic rings. The van der Waals surface area contributed by atoms with Crippen molar-refractivity contribution in [1.82, 2.24) is 35.0 Å². The summed E-state index contributed by atoms with van der Waals surface area (Å²) in [5.41, 5.74) is 3.04. The molecule has 1 saturated carbocycles. The Labute approximate surface area is 323 Å². The number of amides is 6. The number of carbonyl (C=O) groups excluding carboxylic acids is 6. The summed E-state index contributed by atoms with van der Waals surface area (Å²) in [5.74, 6) is -1.65. The van der Waals surface area contributed by atoms with Crippen molar-refractivity contribution in [2.45, 2.75) is 82.7 Å². The van der Waals surface area contributed by atoms with Crippen LogP contribution in [0.15, 0.2) is 54.7 Å². The molecule has 3 aliphatic heterocycles. The summed E-state index contributed by atoms with van der Waals surface area (Å²) in [6.45, 7) is 2.42. The minimum absolute atomic E-state index is 0.0542. The van der Waals surface area contributed by atoms with E-state index in [2.05, 4.69) is 25.5 Å². The van der Waals surface area contributed by atoms with Gasteiger partial charge >= 0.3 is 0 Å². The number of fused-ring (bicyclic) bond motifs is 2. The third-order valence-electron chi connectivity index (χ3n) is 11.1. The van der Waals surface area contributed by atoms with Gasteiger partial charge in [0.05, 0.1) is 17.7 Å². The summed E-state index contributed by atoms with van der Waals surface area (Å²) in [5, 5.41) is 9.27. The lowest BCUT2D eigenvalue weighted by molar-refractivity contribution is -0.136. The van der Waals surface area contributed by atoms with Crippen LogP contribution in [0.5, 0.6) is 5.75 Å². The van der Waals surface area contributed by atoms with Crippen LogP contribution in [0, 0.1) is 0 Å². The molecule has 3 fully saturated rings. The molecular weight excluding hydrogens is 716 g/mol. The Hall–Kier alpha value is -6.12. The van der Waals surface area contributed by atoms with E-state index < -0.39 is 29.7 Å². The zero-order chi connectivity index (χ0) is 38.8. The van der Waals surface area contributed by atoms with E-state index in [4.69, 9.17) is 9.72 Å². The van der Waals surface area contributed by atoms with Gasteiger partial charge in [0.1, 0.15) is 23.1 Å². The van der Waals surface area contributed by atoms with Crippen LogP contribution >= 0.6 is 0 Å². The molecule has 1 unspecified atom stereocenters. The fourth-order valence-electron chi connectivity index (χ4n) is 7.95. The third kappa shape index (κ3) is 7.32. The number of imide groups is 2. The normalized spacial score (nSPS) is 18.2. The number of unbranched alkanes of at least 4 members (excludes halogenated alkanes) is 3. The number of piperidine rings is 1. The lowest BCUT2D eigenvalue weighted by Gasteiger charge is -2.31. The number of ether oxygens (including phenoxy) is 1. The van der Waals surface area contributed by atoms with Crippen molar-refractivity contribution >= 4 is 58.1 Å². The number of carbonyl (C=O) groups is 6. The number of hydrogen-bond donors (Lipinski definition) is 3. The average molecular weight is 761 g/mol. The number of rotatable bonds is 14. The Morgan fingerprint density at radius 1 is 0.893 bits per heavy atom. The highest BCUT2D eigenvalue weighted by Crippen LogP contribution is 2.36. The molecule has 3 N–H and O–H groups in total. The minimum atomic E-state index is -1.03. The van der Waals surface area contributed by atoms with Crippen LogP contribution in [0.2, 0.25) is 0 Å². The molecule has 2 aromatic heterocycles. The van der Waals surface area contributed by atoms with E-state index in [9.17, 15) is 28.8 Å². The smallest absolute Gasteiger partial charge is 0.270 e. The zero-order valence-corrected chi connectivity index (χ0v) is 31.1. The van der Waals surface area contributed by atoms with Crippen LogP contribution in [0.3, 0.4) is 0 Å². The molecule has 1 aliphatic carbocycles. The van der Waals surface area contributed by atoms with E-state index in [0.29, 0.717) is 36.8 Å². The van der Waals surface area contributed by atoms with E-state index in [-0.39, 0.29) is 47.6 Å². The minimum Gasteiger partial charge on any atom is -0.493 e. The van der Waals surface area contributed by atoms with Crippen LogP contribution in [0.4, 0.5) is 11.6 Å². The van der Waals surface area contributed by atoms with Crippen molar-refractivity contribution in [3.8, 4) is 5.75 Å². The van der Waals surface area contributed by atoms with Gasteiger partial charge in [0.15, 0.2) is 0 Å². The Kier molecular flexibility index (Phi) is 10.5. The van der Waals surface area contributed by atoms with Crippen LogP contribution in [0.25, 0.3) is 11.0 Å². The maximum Gasteiger partial charge on any atom is 0.270 e. The summed E-state index contributed by atoms with van der Waals surface area (Å²) in [4.78, 5) is 88.5. The maximum atomic E-state index is 13.3. The number of anilines is 2. The quantitative estimate of drug-likeness (QED) is 0.118. The van der Waals surface area contributed by atoms with E-state index in [0.717, 1.165) is 86.1 Å². The first-order valence-corrected chi connectivity index (χ1v) is 19.6. The fraction of sp³-hybridized carbons (Fsp3) is 0.415. The molecule has 290 valence electrons. The van der Waals surface area contributed by atoms with E-state index >= 15 is 0 Å². The standard InChI is InChI=1S/C41H44N8O7/c50-33-18-17-30(37(52)45-33)49-38(53)29-11-7-12-32(34(29)40(49)55)56-22-6-2-1-5-19-42-36(51)25-13-15-27(16-14-25)44-41-43-24-26-23-31(39(54)47-20-8-21-47)48(35(26)46-41)28-9-3-4-10-28/h7,11-16,23-24,28,30H,1-6,8-10,17-22H2,(H,42,51)(H,43,44,46)(H,45,50,52). The highest BCUT2D eigenvalue weighted by molar-refractivity contribution is 6.24. The van der Waals surface area contributed by atoms with Gasteiger partial charge in [-0.25, -0.2) is 4.98 Å². The van der Waals surface area contributed by atoms with Crippen LogP contribution in [-0.4, -0.2) is 92.1 Å². The van der Waals surface area contributed by atoms with Gasteiger partial charge in [-0.1, -0.05) is 31.7 Å². The Morgan fingerprint density at radius 2 is 1.68 bits per heavy atom. The lowest BCUT2D eigenvalue weighted by atomic mass is 10.0. The molecule has 1 atom stereocenters. The van der Waals surface area contributed by atoms with Crippen molar-refractivity contribution in [1.29, 1.82) is 0 Å². The van der Waals surface area contributed by atoms with Crippen LogP contribution in [-0.2, 0) is 9.59 Å². The summed E-state index contributed by atoms with van der Waals surface area (Å²) in [7, 11) is 0. The summed E-state index contributed by atoms with van der Waals surface area (Å²) in [6.07, 6.45) is 10.4. The van der Waals surface area contributed by atoms with Gasteiger partial charge in [0.2, 0.25) is 17.8 Å². The molecule has 15 heteroatoms. The number of aromatic nitrogens is 3. The second-order valence-corrected chi connectivity index (χ2v) is 14.8. The molecule has 6 amide bonds. The second-order valence-electron chi connectivity index (χ2n) is 14.8. The van der Waals surface area contributed by atoms with Gasteiger partial charge in [-0.2, -0.15) is 4.98 Å². The molecule has 5 heterocycles. The topological polar surface area (TPSA) is 185 Å². The Balaban J connectivity index is 0.782. The Bertz CT molecular complexity index is 2210. The molecule has 4 aromatic rings. The van der Waals surface area contributed by atoms with Crippen molar-refractivity contribution in [3.05, 3.63) is 77.1 Å².